The number of halogens is 1. The van der Waals surface area contributed by atoms with E-state index in [1.54, 1.807) is 7.11 Å². The number of rotatable bonds is 13. The van der Waals surface area contributed by atoms with Crippen LogP contribution in [0.2, 0.25) is 0 Å². The van der Waals surface area contributed by atoms with E-state index in [-0.39, 0.29) is 24.0 Å². The minimum absolute atomic E-state index is 0. The Labute approximate surface area is 159 Å². The van der Waals surface area contributed by atoms with Crippen molar-refractivity contribution in [1.82, 2.24) is 15.5 Å². The van der Waals surface area contributed by atoms with Crippen LogP contribution in [-0.2, 0) is 9.47 Å². The van der Waals surface area contributed by atoms with Crippen LogP contribution >= 0.6 is 24.0 Å². The Hall–Kier alpha value is -0.120. The van der Waals surface area contributed by atoms with Crippen molar-refractivity contribution < 1.29 is 9.47 Å². The third kappa shape index (κ3) is 18.1. The largest absolute Gasteiger partial charge is 0.385 e. The Morgan fingerprint density at radius 3 is 2.52 bits per heavy atom. The predicted octanol–water partition coefficient (Wildman–Crippen LogP) is 1.80. The molecule has 0 aromatic heterocycles. The standard InChI is InChI=1S/C16H36N4O2.HI/c1-6-17-16(19-9-13-22-14-15(2)3)18-8-11-20(4)10-7-12-21-5;/h15H,6-14H2,1-5H3,(H2,17,18,19);1H. The number of hydrogen-bond donors (Lipinski definition) is 2. The van der Waals surface area contributed by atoms with Gasteiger partial charge in [0.25, 0.3) is 0 Å². The first kappa shape index (κ1) is 25.1. The maximum Gasteiger partial charge on any atom is 0.191 e. The highest BCUT2D eigenvalue weighted by molar-refractivity contribution is 14.0. The van der Waals surface area contributed by atoms with Crippen LogP contribution in [0.5, 0.6) is 0 Å². The van der Waals surface area contributed by atoms with Crippen molar-refractivity contribution in [2.24, 2.45) is 10.9 Å². The number of hydrogen-bond acceptors (Lipinski definition) is 4. The summed E-state index contributed by atoms with van der Waals surface area (Å²) in [5, 5.41) is 6.55. The van der Waals surface area contributed by atoms with E-state index in [2.05, 4.69) is 48.3 Å². The van der Waals surface area contributed by atoms with E-state index < -0.39 is 0 Å². The molecule has 0 saturated carbocycles. The molecule has 0 aliphatic rings. The Kier molecular flexibility index (Phi) is 19.9. The highest BCUT2D eigenvalue weighted by atomic mass is 127. The molecular weight excluding hydrogens is 407 g/mol. The zero-order valence-corrected chi connectivity index (χ0v) is 17.9. The van der Waals surface area contributed by atoms with Crippen LogP contribution in [0.1, 0.15) is 27.2 Å². The Balaban J connectivity index is 0. The van der Waals surface area contributed by atoms with E-state index in [4.69, 9.17) is 9.47 Å². The summed E-state index contributed by atoms with van der Waals surface area (Å²) in [6, 6.07) is 0. The lowest BCUT2D eigenvalue weighted by molar-refractivity contribution is 0.114. The van der Waals surface area contributed by atoms with E-state index in [1.165, 1.54) is 0 Å². The number of nitrogens with one attached hydrogen (secondary N) is 2. The molecule has 140 valence electrons. The van der Waals surface area contributed by atoms with Crippen molar-refractivity contribution in [3.8, 4) is 0 Å². The van der Waals surface area contributed by atoms with Crippen LogP contribution in [0.15, 0.2) is 4.99 Å². The zero-order chi connectivity index (χ0) is 16.6. The zero-order valence-electron chi connectivity index (χ0n) is 15.6. The molecule has 23 heavy (non-hydrogen) atoms. The van der Waals surface area contributed by atoms with Gasteiger partial charge in [-0.1, -0.05) is 13.8 Å². The van der Waals surface area contributed by atoms with Crippen molar-refractivity contribution >= 4 is 29.9 Å². The first-order chi connectivity index (χ1) is 10.6. The summed E-state index contributed by atoms with van der Waals surface area (Å²) in [5.41, 5.74) is 0. The molecule has 0 aliphatic heterocycles. The molecule has 0 bridgehead atoms. The van der Waals surface area contributed by atoms with Crippen LogP contribution < -0.4 is 10.6 Å². The normalized spacial score (nSPS) is 11.7. The summed E-state index contributed by atoms with van der Waals surface area (Å²) in [6.07, 6.45) is 1.06. The molecule has 6 nitrogen and oxygen atoms in total. The molecule has 0 aromatic carbocycles. The van der Waals surface area contributed by atoms with E-state index in [9.17, 15) is 0 Å². The second kappa shape index (κ2) is 18.2. The van der Waals surface area contributed by atoms with Gasteiger partial charge in [-0.15, -0.1) is 24.0 Å². The number of aliphatic imine (C=N–C) groups is 1. The van der Waals surface area contributed by atoms with Crippen LogP contribution in [0.3, 0.4) is 0 Å². The molecule has 2 N–H and O–H groups in total. The van der Waals surface area contributed by atoms with Gasteiger partial charge in [0.1, 0.15) is 0 Å². The van der Waals surface area contributed by atoms with Gasteiger partial charge in [-0.25, -0.2) is 0 Å². The first-order valence-corrected chi connectivity index (χ1v) is 8.37. The molecule has 0 unspecified atom stereocenters. The molecule has 0 saturated heterocycles. The minimum atomic E-state index is 0. The highest BCUT2D eigenvalue weighted by Crippen LogP contribution is 1.91. The molecule has 0 spiro atoms. The van der Waals surface area contributed by atoms with Crippen molar-refractivity contribution in [3.63, 3.8) is 0 Å². The number of likely N-dealkylation sites (N-methyl/N-ethyl adjacent to an activating group) is 1. The SMILES string of the molecule is CCNC(=NCCN(C)CCCOC)NCCOCC(C)C.I. The van der Waals surface area contributed by atoms with Crippen molar-refractivity contribution in [1.29, 1.82) is 0 Å². The molecule has 0 fully saturated rings. The Morgan fingerprint density at radius 1 is 1.17 bits per heavy atom. The van der Waals surface area contributed by atoms with Crippen molar-refractivity contribution in [3.05, 3.63) is 0 Å². The fourth-order valence-electron chi connectivity index (χ4n) is 1.83. The van der Waals surface area contributed by atoms with Crippen LogP contribution in [0.4, 0.5) is 0 Å². The lowest BCUT2D eigenvalue weighted by atomic mass is 10.2. The Bertz CT molecular complexity index is 279. The van der Waals surface area contributed by atoms with Crippen LogP contribution in [0, 0.1) is 5.92 Å². The van der Waals surface area contributed by atoms with E-state index in [0.717, 1.165) is 58.3 Å². The van der Waals surface area contributed by atoms with Gasteiger partial charge in [0.05, 0.1) is 13.2 Å². The summed E-state index contributed by atoms with van der Waals surface area (Å²) < 4.78 is 10.6. The topological polar surface area (TPSA) is 58.1 Å². The van der Waals surface area contributed by atoms with Gasteiger partial charge in [-0.2, -0.15) is 0 Å². The number of ether oxygens (including phenoxy) is 2. The van der Waals surface area contributed by atoms with E-state index >= 15 is 0 Å². The van der Waals surface area contributed by atoms with Gasteiger partial charge < -0.3 is 25.0 Å². The van der Waals surface area contributed by atoms with Gasteiger partial charge in [-0.3, -0.25) is 4.99 Å². The monoisotopic (exact) mass is 444 g/mol. The predicted molar refractivity (Wildman–Crippen MR) is 109 cm³/mol. The second-order valence-corrected chi connectivity index (χ2v) is 5.81. The van der Waals surface area contributed by atoms with Crippen molar-refractivity contribution in [2.75, 3.05) is 66.7 Å². The maximum absolute atomic E-state index is 5.56. The molecule has 0 rings (SSSR count). The molecule has 0 amide bonds. The van der Waals surface area contributed by atoms with Gasteiger partial charge in [-0.05, 0) is 26.3 Å². The Morgan fingerprint density at radius 2 is 1.91 bits per heavy atom. The van der Waals surface area contributed by atoms with Crippen LogP contribution in [-0.4, -0.2) is 77.6 Å². The lowest BCUT2D eigenvalue weighted by Crippen LogP contribution is -2.39. The fourth-order valence-corrected chi connectivity index (χ4v) is 1.83. The van der Waals surface area contributed by atoms with Crippen molar-refractivity contribution in [2.45, 2.75) is 27.2 Å². The maximum atomic E-state index is 5.56. The van der Waals surface area contributed by atoms with Gasteiger partial charge in [0, 0.05) is 46.5 Å². The first-order valence-electron chi connectivity index (χ1n) is 8.37. The highest BCUT2D eigenvalue weighted by Gasteiger charge is 2.00. The number of methoxy groups -OCH3 is 1. The number of guanidine groups is 1. The average Bonchev–Trinajstić information content (AvgIpc) is 2.46. The third-order valence-corrected chi connectivity index (χ3v) is 2.97. The minimum Gasteiger partial charge on any atom is -0.385 e. The summed E-state index contributed by atoms with van der Waals surface area (Å²) in [4.78, 5) is 6.86. The summed E-state index contributed by atoms with van der Waals surface area (Å²) in [7, 11) is 3.86. The summed E-state index contributed by atoms with van der Waals surface area (Å²) >= 11 is 0. The van der Waals surface area contributed by atoms with Gasteiger partial charge in [0.2, 0.25) is 0 Å². The molecular formula is C16H37IN4O2. The van der Waals surface area contributed by atoms with Crippen LogP contribution in [0.25, 0.3) is 0 Å². The quantitative estimate of drug-likeness (QED) is 0.196. The molecule has 0 heterocycles. The molecule has 7 heteroatoms. The smallest absolute Gasteiger partial charge is 0.191 e. The number of nitrogens with zero attached hydrogens (tertiary/aromatic N) is 2. The summed E-state index contributed by atoms with van der Waals surface area (Å²) in [6.45, 7) is 13.1. The molecule has 0 atom stereocenters. The summed E-state index contributed by atoms with van der Waals surface area (Å²) in [5.74, 6) is 1.44. The van der Waals surface area contributed by atoms with E-state index in [0.29, 0.717) is 12.5 Å². The second-order valence-electron chi connectivity index (χ2n) is 5.81. The molecule has 0 radical (unpaired) electrons. The fraction of sp³-hybridized carbons (Fsp3) is 0.938. The molecule has 0 aliphatic carbocycles. The van der Waals surface area contributed by atoms with Gasteiger partial charge in [0.15, 0.2) is 5.96 Å². The molecule has 0 aromatic rings. The lowest BCUT2D eigenvalue weighted by Gasteiger charge is -2.16. The van der Waals surface area contributed by atoms with Gasteiger partial charge >= 0.3 is 0 Å². The average molecular weight is 444 g/mol. The third-order valence-electron chi connectivity index (χ3n) is 2.97. The van der Waals surface area contributed by atoms with E-state index in [1.807, 2.05) is 0 Å².